The molecule has 1 N–H and O–H groups in total. The third-order valence-corrected chi connectivity index (χ3v) is 7.87. The van der Waals surface area contributed by atoms with E-state index in [0.717, 1.165) is 5.56 Å². The Morgan fingerprint density at radius 3 is 2.37 bits per heavy atom. The molecule has 0 aliphatic carbocycles. The molecule has 0 bridgehead atoms. The molecule has 3 rings (SSSR count). The molecule has 1 saturated heterocycles. The predicted octanol–water partition coefficient (Wildman–Crippen LogP) is 4.55. The Morgan fingerprint density at radius 2 is 1.77 bits per heavy atom. The molecule has 1 amide bonds. The van der Waals surface area contributed by atoms with Crippen LogP contribution < -0.4 is 5.32 Å². The van der Waals surface area contributed by atoms with Crippen LogP contribution in [0.15, 0.2) is 42.5 Å². The number of sulfonamides is 1. The lowest BCUT2D eigenvalue weighted by molar-refractivity contribution is -0.126. The molecule has 1 unspecified atom stereocenters. The zero-order chi connectivity index (χ0) is 21.9. The maximum Gasteiger partial charge on any atom is 0.223 e. The largest absolute Gasteiger partial charge is 0.349 e. The Balaban J connectivity index is 1.54. The number of piperidine rings is 1. The Kier molecular flexibility index (Phi) is 7.39. The maximum absolute atomic E-state index is 13.1. The smallest absolute Gasteiger partial charge is 0.223 e. The third kappa shape index (κ3) is 5.72. The zero-order valence-corrected chi connectivity index (χ0v) is 18.8. The number of halogens is 3. The van der Waals surface area contributed by atoms with Gasteiger partial charge in [-0.25, -0.2) is 17.1 Å². The Morgan fingerprint density at radius 1 is 1.13 bits per heavy atom. The Hall–Kier alpha value is -1.67. The minimum atomic E-state index is -3.52. The van der Waals surface area contributed by atoms with E-state index in [9.17, 15) is 17.6 Å². The van der Waals surface area contributed by atoms with Gasteiger partial charge >= 0.3 is 0 Å². The van der Waals surface area contributed by atoms with Crippen molar-refractivity contribution in [2.24, 2.45) is 5.92 Å². The van der Waals surface area contributed by atoms with Gasteiger partial charge < -0.3 is 5.32 Å². The first-order chi connectivity index (χ1) is 14.2. The summed E-state index contributed by atoms with van der Waals surface area (Å²) < 4.78 is 40.0. The molecule has 0 radical (unpaired) electrons. The average Bonchev–Trinajstić information content (AvgIpc) is 2.71. The highest BCUT2D eigenvalue weighted by molar-refractivity contribution is 7.88. The van der Waals surface area contributed by atoms with Crippen LogP contribution in [-0.2, 0) is 20.6 Å². The van der Waals surface area contributed by atoms with Gasteiger partial charge in [0.05, 0.1) is 21.8 Å². The molecule has 1 heterocycles. The van der Waals surface area contributed by atoms with E-state index in [1.54, 1.807) is 30.3 Å². The first-order valence-corrected chi connectivity index (χ1v) is 12.0. The molecule has 9 heteroatoms. The van der Waals surface area contributed by atoms with Crippen molar-refractivity contribution in [2.75, 3.05) is 13.1 Å². The summed E-state index contributed by atoms with van der Waals surface area (Å²) in [5, 5.41) is 3.62. The normalized spacial score (nSPS) is 16.9. The topological polar surface area (TPSA) is 66.5 Å². The SMILES string of the molecule is CC(NC(=O)C1CCN(S(=O)(=O)Cc2ccc(Cl)c(Cl)c2)CC1)c1ccc(F)cc1. The minimum absolute atomic E-state index is 0.117. The predicted molar refractivity (Wildman–Crippen MR) is 116 cm³/mol. The van der Waals surface area contributed by atoms with Crippen LogP contribution in [0, 0.1) is 11.7 Å². The number of rotatable bonds is 6. The van der Waals surface area contributed by atoms with Crippen molar-refractivity contribution in [1.82, 2.24) is 9.62 Å². The summed E-state index contributed by atoms with van der Waals surface area (Å²) in [6.45, 7) is 2.40. The molecule has 1 atom stereocenters. The quantitative estimate of drug-likeness (QED) is 0.670. The van der Waals surface area contributed by atoms with Gasteiger partial charge in [-0.05, 0) is 55.2 Å². The molecule has 1 fully saturated rings. The third-order valence-electron chi connectivity index (χ3n) is 5.28. The second-order valence-corrected chi connectivity index (χ2v) is 10.2. The van der Waals surface area contributed by atoms with Crippen molar-refractivity contribution < 1.29 is 17.6 Å². The van der Waals surface area contributed by atoms with Crippen molar-refractivity contribution in [3.05, 3.63) is 69.5 Å². The number of carbonyl (C=O) groups is 1. The Bertz CT molecular complexity index is 1010. The molecule has 1 aliphatic rings. The number of nitrogens with zero attached hydrogens (tertiary/aromatic N) is 1. The summed E-state index contributed by atoms with van der Waals surface area (Å²) in [7, 11) is -3.52. The number of amides is 1. The van der Waals surface area contributed by atoms with E-state index >= 15 is 0 Å². The van der Waals surface area contributed by atoms with E-state index in [2.05, 4.69) is 5.32 Å². The molecule has 1 aliphatic heterocycles. The van der Waals surface area contributed by atoms with Crippen LogP contribution in [-0.4, -0.2) is 31.7 Å². The van der Waals surface area contributed by atoms with Gasteiger partial charge in [-0.2, -0.15) is 0 Å². The van der Waals surface area contributed by atoms with Crippen molar-refractivity contribution in [2.45, 2.75) is 31.6 Å². The molecule has 0 spiro atoms. The van der Waals surface area contributed by atoms with Gasteiger partial charge in [0, 0.05) is 19.0 Å². The fourth-order valence-electron chi connectivity index (χ4n) is 3.49. The molecule has 2 aromatic rings. The summed E-state index contributed by atoms with van der Waals surface area (Å²) >= 11 is 11.9. The highest BCUT2D eigenvalue weighted by Gasteiger charge is 2.31. The van der Waals surface area contributed by atoms with Gasteiger partial charge in [0.2, 0.25) is 15.9 Å². The number of nitrogens with one attached hydrogen (secondary N) is 1. The van der Waals surface area contributed by atoms with Crippen LogP contribution >= 0.6 is 23.2 Å². The van der Waals surface area contributed by atoms with Gasteiger partial charge in [-0.15, -0.1) is 0 Å². The molecule has 0 saturated carbocycles. The maximum atomic E-state index is 13.1. The van der Waals surface area contributed by atoms with E-state index in [1.165, 1.54) is 16.4 Å². The number of benzene rings is 2. The summed E-state index contributed by atoms with van der Waals surface area (Å²) in [6, 6.07) is 10.5. The lowest BCUT2D eigenvalue weighted by Gasteiger charge is -2.31. The fourth-order valence-corrected chi connectivity index (χ4v) is 5.36. The molecule has 30 heavy (non-hydrogen) atoms. The molecule has 2 aromatic carbocycles. The lowest BCUT2D eigenvalue weighted by Crippen LogP contribution is -2.43. The molecular formula is C21H23Cl2FN2O3S. The standard InChI is InChI=1S/C21H23Cl2FN2O3S/c1-14(16-3-5-18(24)6-4-16)25-21(27)17-8-10-26(11-9-17)30(28,29)13-15-2-7-19(22)20(23)12-15/h2-7,12,14,17H,8-11,13H2,1H3,(H,25,27). The monoisotopic (exact) mass is 472 g/mol. The summed E-state index contributed by atoms with van der Waals surface area (Å²) in [4.78, 5) is 12.6. The molecule has 162 valence electrons. The number of hydrogen-bond acceptors (Lipinski definition) is 3. The van der Waals surface area contributed by atoms with Crippen LogP contribution in [0.5, 0.6) is 0 Å². The minimum Gasteiger partial charge on any atom is -0.349 e. The van der Waals surface area contributed by atoms with E-state index < -0.39 is 10.0 Å². The summed E-state index contributed by atoms with van der Waals surface area (Å²) in [6.07, 6.45) is 0.894. The van der Waals surface area contributed by atoms with Crippen molar-refractivity contribution in [3.8, 4) is 0 Å². The van der Waals surface area contributed by atoms with Gasteiger partial charge in [0.1, 0.15) is 5.82 Å². The second-order valence-electron chi connectivity index (χ2n) is 7.46. The number of carbonyl (C=O) groups excluding carboxylic acids is 1. The Labute approximate surface area is 186 Å². The highest BCUT2D eigenvalue weighted by atomic mass is 35.5. The molecular weight excluding hydrogens is 450 g/mol. The van der Waals surface area contributed by atoms with Crippen LogP contribution in [0.2, 0.25) is 10.0 Å². The molecule has 0 aromatic heterocycles. The van der Waals surface area contributed by atoms with Gasteiger partial charge in [0.15, 0.2) is 0 Å². The first kappa shape index (κ1) is 23.0. The van der Waals surface area contributed by atoms with Gasteiger partial charge in [0.25, 0.3) is 0 Å². The van der Waals surface area contributed by atoms with E-state index in [0.29, 0.717) is 28.5 Å². The van der Waals surface area contributed by atoms with E-state index in [-0.39, 0.29) is 42.5 Å². The average molecular weight is 473 g/mol. The van der Waals surface area contributed by atoms with Crippen LogP contribution in [0.4, 0.5) is 4.39 Å². The second kappa shape index (κ2) is 9.64. The van der Waals surface area contributed by atoms with Crippen molar-refractivity contribution in [3.63, 3.8) is 0 Å². The van der Waals surface area contributed by atoms with Crippen LogP contribution in [0.3, 0.4) is 0 Å². The van der Waals surface area contributed by atoms with Crippen LogP contribution in [0.25, 0.3) is 0 Å². The lowest BCUT2D eigenvalue weighted by atomic mass is 9.96. The summed E-state index contributed by atoms with van der Waals surface area (Å²) in [5.41, 5.74) is 1.38. The summed E-state index contributed by atoms with van der Waals surface area (Å²) in [5.74, 6) is -0.869. The zero-order valence-electron chi connectivity index (χ0n) is 16.4. The highest BCUT2D eigenvalue weighted by Crippen LogP contribution is 2.26. The molecule has 5 nitrogen and oxygen atoms in total. The van der Waals surface area contributed by atoms with Crippen molar-refractivity contribution in [1.29, 1.82) is 0 Å². The van der Waals surface area contributed by atoms with E-state index in [1.807, 2.05) is 6.92 Å². The van der Waals surface area contributed by atoms with E-state index in [4.69, 9.17) is 23.2 Å². The fraction of sp³-hybridized carbons (Fsp3) is 0.381. The number of hydrogen-bond donors (Lipinski definition) is 1. The van der Waals surface area contributed by atoms with Crippen LogP contribution in [0.1, 0.15) is 36.9 Å². The van der Waals surface area contributed by atoms with Gasteiger partial charge in [-0.1, -0.05) is 41.4 Å². The first-order valence-electron chi connectivity index (χ1n) is 9.63. The van der Waals surface area contributed by atoms with Gasteiger partial charge in [-0.3, -0.25) is 4.79 Å². The van der Waals surface area contributed by atoms with Crippen molar-refractivity contribution >= 4 is 39.1 Å².